The topological polar surface area (TPSA) is 59.6 Å². The minimum absolute atomic E-state index is 0.0476. The van der Waals surface area contributed by atoms with Crippen LogP contribution < -0.4 is 10.6 Å². The highest BCUT2D eigenvalue weighted by atomic mass is 16.5. The number of carbonyl (C=O) groups excluding carboxylic acids is 1. The van der Waals surface area contributed by atoms with Gasteiger partial charge in [-0.3, -0.25) is 4.79 Å². The van der Waals surface area contributed by atoms with E-state index in [9.17, 15) is 4.79 Å². The maximum absolute atomic E-state index is 11.6. The minimum Gasteiger partial charge on any atom is -0.383 e. The first-order valence-electron chi connectivity index (χ1n) is 7.33. The predicted octanol–water partition coefficient (Wildman–Crippen LogP) is 0.686. The first-order chi connectivity index (χ1) is 9.23. The lowest BCUT2D eigenvalue weighted by molar-refractivity contribution is -0.173. The molecule has 0 aromatic heterocycles. The molecule has 2 N–H and O–H groups in total. The van der Waals surface area contributed by atoms with Crippen molar-refractivity contribution in [3.05, 3.63) is 0 Å². The number of hydrogen-bond acceptors (Lipinski definition) is 4. The van der Waals surface area contributed by atoms with Crippen LogP contribution in [0.15, 0.2) is 0 Å². The molecule has 2 aliphatic carbocycles. The zero-order valence-corrected chi connectivity index (χ0v) is 12.0. The molecule has 19 heavy (non-hydrogen) atoms. The number of nitrogens with one attached hydrogen (secondary N) is 2. The molecule has 1 spiro atoms. The van der Waals surface area contributed by atoms with Crippen molar-refractivity contribution in [3.63, 3.8) is 0 Å². The van der Waals surface area contributed by atoms with E-state index in [2.05, 4.69) is 17.6 Å². The van der Waals surface area contributed by atoms with E-state index in [4.69, 9.17) is 9.47 Å². The van der Waals surface area contributed by atoms with E-state index in [0.717, 1.165) is 13.0 Å². The van der Waals surface area contributed by atoms with Gasteiger partial charge < -0.3 is 20.1 Å². The first kappa shape index (κ1) is 14.8. The van der Waals surface area contributed by atoms with Gasteiger partial charge in [-0.05, 0) is 26.2 Å². The van der Waals surface area contributed by atoms with Crippen LogP contribution in [0.2, 0.25) is 0 Å². The molecule has 5 nitrogen and oxygen atoms in total. The average molecular weight is 270 g/mol. The summed E-state index contributed by atoms with van der Waals surface area (Å²) in [5, 5.41) is 6.22. The van der Waals surface area contributed by atoms with Crippen molar-refractivity contribution in [2.75, 3.05) is 33.4 Å². The van der Waals surface area contributed by atoms with Crippen LogP contribution in [-0.4, -0.2) is 51.5 Å². The molecule has 2 unspecified atom stereocenters. The van der Waals surface area contributed by atoms with Crippen molar-refractivity contribution in [2.24, 2.45) is 5.41 Å². The summed E-state index contributed by atoms with van der Waals surface area (Å²) < 4.78 is 10.7. The molecule has 0 bridgehead atoms. The summed E-state index contributed by atoms with van der Waals surface area (Å²) in [5.41, 5.74) is 0.322. The molecule has 0 heterocycles. The number of ether oxygens (including phenoxy) is 2. The summed E-state index contributed by atoms with van der Waals surface area (Å²) in [4.78, 5) is 11.6. The molecular formula is C14H26N2O3. The lowest BCUT2D eigenvalue weighted by Gasteiger charge is -2.61. The summed E-state index contributed by atoms with van der Waals surface area (Å²) in [7, 11) is 1.63. The molecule has 1 amide bonds. The van der Waals surface area contributed by atoms with Gasteiger partial charge in [0.15, 0.2) is 0 Å². The predicted molar refractivity (Wildman–Crippen MR) is 73.0 cm³/mol. The second-order valence-electron chi connectivity index (χ2n) is 5.54. The molecule has 0 aromatic rings. The van der Waals surface area contributed by atoms with Gasteiger partial charge in [0.25, 0.3) is 0 Å². The Morgan fingerprint density at radius 1 is 1.42 bits per heavy atom. The van der Waals surface area contributed by atoms with E-state index < -0.39 is 0 Å². The van der Waals surface area contributed by atoms with Crippen molar-refractivity contribution in [1.29, 1.82) is 0 Å². The van der Waals surface area contributed by atoms with Crippen LogP contribution in [0.3, 0.4) is 0 Å². The van der Waals surface area contributed by atoms with Gasteiger partial charge in [0.2, 0.25) is 5.91 Å². The Labute approximate surface area is 115 Å². The molecule has 0 aromatic carbocycles. The molecule has 2 aliphatic rings. The van der Waals surface area contributed by atoms with E-state index in [1.54, 1.807) is 7.11 Å². The van der Waals surface area contributed by atoms with Gasteiger partial charge in [-0.2, -0.15) is 0 Å². The molecule has 2 fully saturated rings. The molecule has 110 valence electrons. The largest absolute Gasteiger partial charge is 0.383 e. The number of hydrogen-bond donors (Lipinski definition) is 2. The molecule has 5 heteroatoms. The Morgan fingerprint density at radius 2 is 2.21 bits per heavy atom. The Balaban J connectivity index is 1.68. The van der Waals surface area contributed by atoms with E-state index in [0.29, 0.717) is 37.3 Å². The first-order valence-corrected chi connectivity index (χ1v) is 7.33. The van der Waals surface area contributed by atoms with Gasteiger partial charge in [0.05, 0.1) is 19.3 Å². The van der Waals surface area contributed by atoms with Gasteiger partial charge in [-0.25, -0.2) is 0 Å². The lowest BCUT2D eigenvalue weighted by atomic mass is 9.51. The quantitative estimate of drug-likeness (QED) is 0.637. The van der Waals surface area contributed by atoms with Crippen LogP contribution in [-0.2, 0) is 14.3 Å². The average Bonchev–Trinajstić information content (AvgIpc) is 2.31. The highest BCUT2D eigenvalue weighted by molar-refractivity contribution is 5.78. The fourth-order valence-corrected chi connectivity index (χ4v) is 3.30. The number of carbonyl (C=O) groups is 1. The Hall–Kier alpha value is -0.650. The van der Waals surface area contributed by atoms with Crippen molar-refractivity contribution < 1.29 is 14.3 Å². The summed E-state index contributed by atoms with van der Waals surface area (Å²) >= 11 is 0. The Kier molecular flexibility index (Phi) is 5.19. The van der Waals surface area contributed by atoms with Crippen molar-refractivity contribution >= 4 is 5.91 Å². The zero-order valence-electron chi connectivity index (χ0n) is 12.0. The Bertz CT molecular complexity index is 305. The van der Waals surface area contributed by atoms with Crippen LogP contribution in [0.4, 0.5) is 0 Å². The number of rotatable bonds is 8. The number of amides is 1. The van der Waals surface area contributed by atoms with Crippen LogP contribution in [0.1, 0.15) is 32.6 Å². The molecule has 0 radical (unpaired) electrons. The second-order valence-corrected chi connectivity index (χ2v) is 5.54. The molecule has 2 atom stereocenters. The van der Waals surface area contributed by atoms with Gasteiger partial charge >= 0.3 is 0 Å². The third-order valence-corrected chi connectivity index (χ3v) is 4.57. The third-order valence-electron chi connectivity index (χ3n) is 4.57. The van der Waals surface area contributed by atoms with Gasteiger partial charge in [-0.15, -0.1) is 0 Å². The zero-order chi connectivity index (χ0) is 13.7. The second kappa shape index (κ2) is 6.68. The molecule has 2 saturated carbocycles. The van der Waals surface area contributed by atoms with E-state index in [-0.39, 0.29) is 5.91 Å². The van der Waals surface area contributed by atoms with Crippen LogP contribution in [0.5, 0.6) is 0 Å². The maximum Gasteiger partial charge on any atom is 0.234 e. The highest BCUT2D eigenvalue weighted by Gasteiger charge is 2.58. The summed E-state index contributed by atoms with van der Waals surface area (Å²) in [5.74, 6) is 0.0476. The van der Waals surface area contributed by atoms with E-state index in [1.165, 1.54) is 19.3 Å². The summed E-state index contributed by atoms with van der Waals surface area (Å²) in [6.07, 6.45) is 5.21. The number of methoxy groups -OCH3 is 1. The van der Waals surface area contributed by atoms with Gasteiger partial charge in [0.1, 0.15) is 0 Å². The van der Waals surface area contributed by atoms with Crippen molar-refractivity contribution in [1.82, 2.24) is 10.6 Å². The van der Waals surface area contributed by atoms with Gasteiger partial charge in [-0.1, -0.05) is 6.42 Å². The van der Waals surface area contributed by atoms with E-state index in [1.807, 2.05) is 0 Å². The van der Waals surface area contributed by atoms with Crippen molar-refractivity contribution in [3.8, 4) is 0 Å². The summed E-state index contributed by atoms with van der Waals surface area (Å²) in [6, 6.07) is 0.450. The normalized spacial score (nSPS) is 27.7. The van der Waals surface area contributed by atoms with Crippen LogP contribution in [0, 0.1) is 5.41 Å². The standard InChI is InChI=1S/C14H26N2O3/c1-3-19-12-9-11(14(12)5-4-6-14)16-10-13(17)15-7-8-18-2/h11-12,16H,3-10H2,1-2H3,(H,15,17). The van der Waals surface area contributed by atoms with Crippen molar-refractivity contribution in [2.45, 2.75) is 44.8 Å². The smallest absolute Gasteiger partial charge is 0.234 e. The molecule has 2 rings (SSSR count). The monoisotopic (exact) mass is 270 g/mol. The molecule has 0 aliphatic heterocycles. The fourth-order valence-electron chi connectivity index (χ4n) is 3.30. The lowest BCUT2D eigenvalue weighted by Crippen LogP contribution is -2.67. The van der Waals surface area contributed by atoms with Crippen LogP contribution >= 0.6 is 0 Å². The SMILES string of the molecule is CCOC1CC(NCC(=O)NCCOC)C12CCC2. The highest BCUT2D eigenvalue weighted by Crippen LogP contribution is 2.57. The van der Waals surface area contributed by atoms with E-state index >= 15 is 0 Å². The van der Waals surface area contributed by atoms with Crippen LogP contribution in [0.25, 0.3) is 0 Å². The van der Waals surface area contributed by atoms with Gasteiger partial charge in [0, 0.05) is 31.7 Å². The maximum atomic E-state index is 11.6. The minimum atomic E-state index is 0.0476. The third kappa shape index (κ3) is 3.09. The molecule has 0 saturated heterocycles. The summed E-state index contributed by atoms with van der Waals surface area (Å²) in [6.45, 7) is 4.38. The molecular weight excluding hydrogens is 244 g/mol. The fraction of sp³-hybridized carbons (Fsp3) is 0.929. The Morgan fingerprint density at radius 3 is 2.79 bits per heavy atom.